The van der Waals surface area contributed by atoms with Gasteiger partial charge in [0.15, 0.2) is 0 Å². The normalized spacial score (nSPS) is 13.9. The van der Waals surface area contributed by atoms with Crippen LogP contribution in [0.5, 0.6) is 0 Å². The minimum atomic E-state index is -0.0832. The summed E-state index contributed by atoms with van der Waals surface area (Å²) in [6.45, 7) is 11.1. The van der Waals surface area contributed by atoms with Crippen LogP contribution in [0.2, 0.25) is 0 Å². The van der Waals surface area contributed by atoms with Gasteiger partial charge in [0.2, 0.25) is 0 Å². The molecule has 0 unspecified atom stereocenters. The molecule has 0 atom stereocenters. The van der Waals surface area contributed by atoms with Gasteiger partial charge in [0.25, 0.3) is 0 Å². The predicted molar refractivity (Wildman–Crippen MR) is 212 cm³/mol. The molecule has 0 spiro atoms. The fourth-order valence-electron chi connectivity index (χ4n) is 8.40. The molecule has 8 aromatic rings. The topological polar surface area (TPSA) is 9.86 Å². The molecule has 0 fully saturated rings. The van der Waals surface area contributed by atoms with E-state index in [-0.39, 0.29) is 5.41 Å². The number of aryl methyl sites for hydroxylation is 2. The van der Waals surface area contributed by atoms with Gasteiger partial charge in [-0.25, -0.2) is 0 Å². The van der Waals surface area contributed by atoms with Gasteiger partial charge in [-0.15, -0.1) is 0 Å². The molecule has 9 rings (SSSR count). The van der Waals surface area contributed by atoms with E-state index >= 15 is 0 Å². The number of fused-ring (bicyclic) bond motifs is 9. The van der Waals surface area contributed by atoms with E-state index in [0.29, 0.717) is 0 Å². The fourth-order valence-corrected chi connectivity index (χ4v) is 8.40. The summed E-state index contributed by atoms with van der Waals surface area (Å²) in [5.74, 6) is 0. The lowest BCUT2D eigenvalue weighted by Gasteiger charge is -2.22. The standard InChI is InChI=1S/C47H40N2/c1-5-48-43-13-9-7-11-37(43)39-27-31(21-25-45(39)48)15-17-33-19-23-35-36-24-20-34(30-42(36)47(3,4)41(35)29-33)18-16-32-22-26-46-40(28-32)38-12-8-10-14-44(38)49(46)6-2/h7-30H,5-6H2,1-4H3/b17-15+,18-16+. The molecule has 2 heteroatoms. The molecule has 0 bridgehead atoms. The third-order valence-corrected chi connectivity index (χ3v) is 10.9. The summed E-state index contributed by atoms with van der Waals surface area (Å²) >= 11 is 0. The molecule has 2 nitrogen and oxygen atoms in total. The third kappa shape index (κ3) is 4.62. The molecular formula is C47H40N2. The Balaban J connectivity index is 1.00. The highest BCUT2D eigenvalue weighted by molar-refractivity contribution is 6.09. The van der Waals surface area contributed by atoms with E-state index in [0.717, 1.165) is 13.1 Å². The minimum absolute atomic E-state index is 0.0832. The van der Waals surface area contributed by atoms with Gasteiger partial charge in [-0.2, -0.15) is 0 Å². The zero-order valence-electron chi connectivity index (χ0n) is 28.7. The second-order valence-corrected chi connectivity index (χ2v) is 14.0. The van der Waals surface area contributed by atoms with Crippen LogP contribution < -0.4 is 0 Å². The Morgan fingerprint density at radius 2 is 0.796 bits per heavy atom. The summed E-state index contributed by atoms with van der Waals surface area (Å²) in [4.78, 5) is 0. The maximum absolute atomic E-state index is 2.41. The molecule has 1 aliphatic carbocycles. The van der Waals surface area contributed by atoms with Crippen molar-refractivity contribution in [1.82, 2.24) is 9.13 Å². The van der Waals surface area contributed by atoms with E-state index in [1.807, 2.05) is 0 Å². The monoisotopic (exact) mass is 632 g/mol. The van der Waals surface area contributed by atoms with Gasteiger partial charge in [-0.1, -0.05) is 123 Å². The Morgan fingerprint density at radius 3 is 1.22 bits per heavy atom. The molecule has 6 aromatic carbocycles. The van der Waals surface area contributed by atoms with Crippen LogP contribution in [0.4, 0.5) is 0 Å². The van der Waals surface area contributed by atoms with Gasteiger partial charge in [0.05, 0.1) is 0 Å². The number of nitrogens with zero attached hydrogens (tertiary/aromatic N) is 2. The molecule has 0 saturated carbocycles. The van der Waals surface area contributed by atoms with Crippen LogP contribution >= 0.6 is 0 Å². The first kappa shape index (κ1) is 29.5. The molecule has 0 radical (unpaired) electrons. The Hall–Kier alpha value is -5.60. The molecule has 0 aliphatic heterocycles. The number of benzene rings is 6. The summed E-state index contributed by atoms with van der Waals surface area (Å²) in [7, 11) is 0. The number of aromatic nitrogens is 2. The lowest BCUT2D eigenvalue weighted by Crippen LogP contribution is -2.15. The first-order valence-corrected chi connectivity index (χ1v) is 17.6. The van der Waals surface area contributed by atoms with Crippen LogP contribution in [0.15, 0.2) is 121 Å². The van der Waals surface area contributed by atoms with Gasteiger partial charge in [-0.3, -0.25) is 0 Å². The van der Waals surface area contributed by atoms with Crippen LogP contribution in [0.3, 0.4) is 0 Å². The zero-order valence-corrected chi connectivity index (χ0v) is 28.7. The predicted octanol–water partition coefficient (Wildman–Crippen LogP) is 12.6. The van der Waals surface area contributed by atoms with Crippen molar-refractivity contribution in [2.45, 2.75) is 46.2 Å². The van der Waals surface area contributed by atoms with Crippen molar-refractivity contribution >= 4 is 67.9 Å². The van der Waals surface area contributed by atoms with Gasteiger partial charge in [-0.05, 0) is 94.8 Å². The molecular weight excluding hydrogens is 593 g/mol. The molecule has 2 heterocycles. The van der Waals surface area contributed by atoms with Crippen LogP contribution in [0, 0.1) is 0 Å². The van der Waals surface area contributed by atoms with E-state index in [1.165, 1.54) is 88.1 Å². The molecule has 0 N–H and O–H groups in total. The van der Waals surface area contributed by atoms with Crippen molar-refractivity contribution in [3.8, 4) is 11.1 Å². The average Bonchev–Trinajstić information content (AvgIpc) is 3.71. The molecule has 49 heavy (non-hydrogen) atoms. The number of para-hydroxylation sites is 2. The SMILES string of the molecule is CCn1c2ccccc2c2cc(/C=C/c3ccc4c(c3)C(C)(C)c3cc(/C=C/c5ccc6c(c5)c5ccccc5n6CC)ccc3-4)ccc21. The van der Waals surface area contributed by atoms with Crippen molar-refractivity contribution < 1.29 is 0 Å². The smallest absolute Gasteiger partial charge is 0.0491 e. The van der Waals surface area contributed by atoms with E-state index in [9.17, 15) is 0 Å². The van der Waals surface area contributed by atoms with Gasteiger partial charge in [0, 0.05) is 62.1 Å². The van der Waals surface area contributed by atoms with E-state index in [4.69, 9.17) is 0 Å². The van der Waals surface area contributed by atoms with Crippen molar-refractivity contribution in [2.75, 3.05) is 0 Å². The Morgan fingerprint density at radius 1 is 0.429 bits per heavy atom. The first-order valence-electron chi connectivity index (χ1n) is 17.6. The first-order chi connectivity index (χ1) is 23.9. The minimum Gasteiger partial charge on any atom is -0.341 e. The zero-order chi connectivity index (χ0) is 33.3. The maximum atomic E-state index is 2.41. The molecule has 2 aromatic heterocycles. The van der Waals surface area contributed by atoms with Crippen molar-refractivity contribution in [1.29, 1.82) is 0 Å². The van der Waals surface area contributed by atoms with Gasteiger partial charge in [0.1, 0.15) is 0 Å². The second kappa shape index (κ2) is 11.2. The number of rotatable bonds is 6. The highest BCUT2D eigenvalue weighted by atomic mass is 15.0. The van der Waals surface area contributed by atoms with Gasteiger partial charge < -0.3 is 9.13 Å². The van der Waals surface area contributed by atoms with Crippen LogP contribution in [0.25, 0.3) is 79.0 Å². The van der Waals surface area contributed by atoms with Crippen LogP contribution in [-0.4, -0.2) is 9.13 Å². The fraction of sp³-hybridized carbons (Fsp3) is 0.149. The van der Waals surface area contributed by atoms with Gasteiger partial charge >= 0.3 is 0 Å². The van der Waals surface area contributed by atoms with Crippen LogP contribution in [-0.2, 0) is 18.5 Å². The van der Waals surface area contributed by atoms with E-state index in [2.05, 4.69) is 182 Å². The highest BCUT2D eigenvalue weighted by Gasteiger charge is 2.35. The quantitative estimate of drug-likeness (QED) is 0.161. The maximum Gasteiger partial charge on any atom is 0.0491 e. The highest BCUT2D eigenvalue weighted by Crippen LogP contribution is 2.49. The lowest BCUT2D eigenvalue weighted by atomic mass is 9.81. The summed E-state index contributed by atoms with van der Waals surface area (Å²) in [5.41, 5.74) is 15.5. The number of hydrogen-bond acceptors (Lipinski definition) is 0. The van der Waals surface area contributed by atoms with E-state index in [1.54, 1.807) is 0 Å². The largest absolute Gasteiger partial charge is 0.341 e. The molecule has 0 amide bonds. The number of hydrogen-bond donors (Lipinski definition) is 0. The summed E-state index contributed by atoms with van der Waals surface area (Å²) < 4.78 is 4.82. The Labute approximate surface area is 288 Å². The average molecular weight is 633 g/mol. The van der Waals surface area contributed by atoms with Crippen molar-refractivity contribution in [3.05, 3.63) is 155 Å². The Bertz CT molecular complexity index is 2470. The lowest BCUT2D eigenvalue weighted by molar-refractivity contribution is 0.660. The molecule has 1 aliphatic rings. The van der Waals surface area contributed by atoms with Crippen molar-refractivity contribution in [2.24, 2.45) is 0 Å². The molecule has 238 valence electrons. The third-order valence-electron chi connectivity index (χ3n) is 10.9. The summed E-state index contributed by atoms with van der Waals surface area (Å²) in [6.07, 6.45) is 9.05. The summed E-state index contributed by atoms with van der Waals surface area (Å²) in [6, 6.07) is 45.1. The molecule has 0 saturated heterocycles. The second-order valence-electron chi connectivity index (χ2n) is 14.0. The van der Waals surface area contributed by atoms with Crippen LogP contribution in [0.1, 0.15) is 61.1 Å². The van der Waals surface area contributed by atoms with Crippen molar-refractivity contribution in [3.63, 3.8) is 0 Å². The summed E-state index contributed by atoms with van der Waals surface area (Å²) in [5, 5.41) is 5.28. The Kier molecular flexibility index (Phi) is 6.78. The van der Waals surface area contributed by atoms with E-state index < -0.39 is 0 Å².